The topological polar surface area (TPSA) is 104 Å². The van der Waals surface area contributed by atoms with Gasteiger partial charge in [-0.3, -0.25) is 0 Å². The number of nitrogens with zero attached hydrogens (tertiary/aromatic N) is 6. The van der Waals surface area contributed by atoms with Crippen molar-refractivity contribution in [2.45, 2.75) is 90.6 Å². The Morgan fingerprint density at radius 2 is 1.77 bits per heavy atom. The fraction of sp³-hybridized carbons (Fsp3) is 0.636. The van der Waals surface area contributed by atoms with Gasteiger partial charge in [0.2, 0.25) is 0 Å². The number of ether oxygens (including phenoxy) is 4. The fourth-order valence-corrected chi connectivity index (χ4v) is 6.42. The summed E-state index contributed by atoms with van der Waals surface area (Å²) in [5.41, 5.74) is 3.07. The molecular formula is C33H46N6O5. The van der Waals surface area contributed by atoms with Crippen molar-refractivity contribution in [1.29, 1.82) is 0 Å². The molecule has 0 saturated carbocycles. The molecule has 5 heterocycles. The molecular weight excluding hydrogens is 560 g/mol. The van der Waals surface area contributed by atoms with E-state index in [1.807, 2.05) is 49.5 Å². The molecule has 0 N–H and O–H groups in total. The number of carbonyl (C=O) groups is 1. The second kappa shape index (κ2) is 13.0. The predicted molar refractivity (Wildman–Crippen MR) is 167 cm³/mol. The first kappa shape index (κ1) is 30.7. The van der Waals surface area contributed by atoms with Crippen molar-refractivity contribution in [3.05, 3.63) is 41.3 Å². The Kier molecular flexibility index (Phi) is 9.07. The molecule has 3 aliphatic rings. The summed E-state index contributed by atoms with van der Waals surface area (Å²) in [6, 6.07) is 6.50. The highest BCUT2D eigenvalue weighted by Gasteiger charge is 2.29. The molecule has 0 bridgehead atoms. The van der Waals surface area contributed by atoms with E-state index < -0.39 is 5.60 Å². The maximum atomic E-state index is 12.6. The molecule has 2 atom stereocenters. The van der Waals surface area contributed by atoms with Crippen LogP contribution in [0.4, 0.5) is 10.6 Å². The second-order valence-electron chi connectivity index (χ2n) is 13.3. The van der Waals surface area contributed by atoms with Gasteiger partial charge < -0.3 is 28.7 Å². The molecule has 6 rings (SSSR count). The smallest absolute Gasteiger partial charge is 0.410 e. The number of fused-ring (bicyclic) bond motifs is 1. The van der Waals surface area contributed by atoms with Crippen LogP contribution in [0.2, 0.25) is 0 Å². The Balaban J connectivity index is 1.18. The number of carbonyl (C=O) groups excluding carboxylic acids is 1. The van der Waals surface area contributed by atoms with E-state index in [-0.39, 0.29) is 18.5 Å². The molecule has 1 aromatic carbocycles. The maximum absolute atomic E-state index is 12.6. The highest BCUT2D eigenvalue weighted by molar-refractivity contribution is 5.82. The van der Waals surface area contributed by atoms with E-state index in [1.165, 1.54) is 11.1 Å². The lowest BCUT2D eigenvalue weighted by Gasteiger charge is -2.34. The van der Waals surface area contributed by atoms with Gasteiger partial charge in [-0.1, -0.05) is 0 Å². The van der Waals surface area contributed by atoms with Gasteiger partial charge in [0.15, 0.2) is 12.1 Å². The van der Waals surface area contributed by atoms with Gasteiger partial charge in [0.25, 0.3) is 0 Å². The summed E-state index contributed by atoms with van der Waals surface area (Å²) in [4.78, 5) is 26.3. The predicted octanol–water partition coefficient (Wildman–Crippen LogP) is 5.30. The average molecular weight is 607 g/mol. The van der Waals surface area contributed by atoms with Gasteiger partial charge in [0.05, 0.1) is 31.0 Å². The number of aromatic nitrogens is 4. The Hall–Kier alpha value is -3.28. The van der Waals surface area contributed by atoms with E-state index in [0.717, 1.165) is 67.8 Å². The van der Waals surface area contributed by atoms with Crippen LogP contribution in [-0.2, 0) is 18.9 Å². The molecule has 3 aliphatic heterocycles. The number of rotatable bonds is 6. The van der Waals surface area contributed by atoms with Crippen molar-refractivity contribution in [3.63, 3.8) is 0 Å². The highest BCUT2D eigenvalue weighted by atomic mass is 16.7. The third-order valence-electron chi connectivity index (χ3n) is 8.64. The Labute approximate surface area is 259 Å². The number of anilines is 1. The van der Waals surface area contributed by atoms with Crippen LogP contribution in [0.3, 0.4) is 0 Å². The summed E-state index contributed by atoms with van der Waals surface area (Å²) in [6.07, 6.45) is 6.47. The van der Waals surface area contributed by atoms with Crippen LogP contribution < -0.4 is 4.90 Å². The molecule has 0 aliphatic carbocycles. The van der Waals surface area contributed by atoms with Crippen molar-refractivity contribution < 1.29 is 23.7 Å². The van der Waals surface area contributed by atoms with Crippen molar-refractivity contribution >= 4 is 22.8 Å². The minimum absolute atomic E-state index is 0.0502. The number of amides is 1. The lowest BCUT2D eigenvalue weighted by atomic mass is 9.86. The molecule has 1 amide bonds. The first-order valence-electron chi connectivity index (χ1n) is 16.0. The van der Waals surface area contributed by atoms with E-state index in [2.05, 4.69) is 24.0 Å². The van der Waals surface area contributed by atoms with Crippen LogP contribution in [-0.4, -0.2) is 94.7 Å². The van der Waals surface area contributed by atoms with E-state index >= 15 is 0 Å². The highest BCUT2D eigenvalue weighted by Crippen LogP contribution is 2.34. The first-order chi connectivity index (χ1) is 21.1. The van der Waals surface area contributed by atoms with E-state index in [4.69, 9.17) is 34.0 Å². The van der Waals surface area contributed by atoms with Crippen LogP contribution in [0.1, 0.15) is 75.7 Å². The van der Waals surface area contributed by atoms with Crippen molar-refractivity contribution in [3.8, 4) is 5.82 Å². The number of likely N-dealkylation sites (tertiary alicyclic amines) is 1. The molecule has 1 unspecified atom stereocenters. The van der Waals surface area contributed by atoms with Gasteiger partial charge in [-0.15, -0.1) is 0 Å². The standard InChI is InChI=1S/C33H46N6O5/c1-22-16-25-19-34-39(28(25)17-27(22)24-9-11-37(12-10-24)32(40)44-33(3,4)5)30-18-29(35-23(2)36-30)38-13-15-41-26(20-38)21-43-31-8-6-7-14-42-31/h16-19,24,26,31H,6-15,20-21H2,1-5H3/t26?,31-/m0/s1. The van der Waals surface area contributed by atoms with E-state index in [9.17, 15) is 4.79 Å². The zero-order valence-electron chi connectivity index (χ0n) is 26.8. The third-order valence-corrected chi connectivity index (χ3v) is 8.64. The lowest BCUT2D eigenvalue weighted by molar-refractivity contribution is -0.180. The monoisotopic (exact) mass is 606 g/mol. The summed E-state index contributed by atoms with van der Waals surface area (Å²) < 4.78 is 25.3. The van der Waals surface area contributed by atoms with Crippen LogP contribution in [0, 0.1) is 13.8 Å². The van der Waals surface area contributed by atoms with Gasteiger partial charge in [0.1, 0.15) is 17.2 Å². The van der Waals surface area contributed by atoms with Crippen LogP contribution in [0.5, 0.6) is 0 Å². The number of piperidine rings is 1. The van der Waals surface area contributed by atoms with Crippen LogP contribution in [0.25, 0.3) is 16.7 Å². The van der Waals surface area contributed by atoms with Gasteiger partial charge in [-0.25, -0.2) is 19.4 Å². The Morgan fingerprint density at radius 1 is 0.977 bits per heavy atom. The lowest BCUT2D eigenvalue weighted by Crippen LogP contribution is -2.45. The van der Waals surface area contributed by atoms with Crippen LogP contribution >= 0.6 is 0 Å². The van der Waals surface area contributed by atoms with Crippen molar-refractivity contribution in [2.24, 2.45) is 0 Å². The summed E-state index contributed by atoms with van der Waals surface area (Å²) in [5.74, 6) is 2.65. The number of benzene rings is 1. The first-order valence-corrected chi connectivity index (χ1v) is 16.0. The molecule has 3 saturated heterocycles. The van der Waals surface area contributed by atoms with Crippen molar-refractivity contribution in [1.82, 2.24) is 24.6 Å². The molecule has 11 heteroatoms. The summed E-state index contributed by atoms with van der Waals surface area (Å²) in [7, 11) is 0. The normalized spacial score (nSPS) is 22.0. The minimum atomic E-state index is -0.491. The van der Waals surface area contributed by atoms with Gasteiger partial charge >= 0.3 is 6.09 Å². The zero-order chi connectivity index (χ0) is 30.8. The molecule has 238 valence electrons. The van der Waals surface area contributed by atoms with Crippen molar-refractivity contribution in [2.75, 3.05) is 50.9 Å². The molecule has 2 aromatic heterocycles. The molecule has 11 nitrogen and oxygen atoms in total. The average Bonchev–Trinajstić information content (AvgIpc) is 3.42. The summed E-state index contributed by atoms with van der Waals surface area (Å²) >= 11 is 0. The van der Waals surface area contributed by atoms with Gasteiger partial charge in [0, 0.05) is 44.2 Å². The zero-order valence-corrected chi connectivity index (χ0v) is 26.8. The number of aryl methyl sites for hydroxylation is 2. The summed E-state index contributed by atoms with van der Waals surface area (Å²) in [6.45, 7) is 14.5. The minimum Gasteiger partial charge on any atom is -0.444 e. The SMILES string of the molecule is Cc1nc(N2CCOC(CO[C@H]3CCCCO3)C2)cc(-n2ncc3cc(C)c(C4CCN(C(=O)OC(C)(C)C)CC4)cc32)n1. The quantitative estimate of drug-likeness (QED) is 0.370. The number of morpholine rings is 1. The fourth-order valence-electron chi connectivity index (χ4n) is 6.42. The largest absolute Gasteiger partial charge is 0.444 e. The summed E-state index contributed by atoms with van der Waals surface area (Å²) in [5, 5.41) is 5.84. The van der Waals surface area contributed by atoms with E-state index in [1.54, 1.807) is 0 Å². The second-order valence-corrected chi connectivity index (χ2v) is 13.3. The molecule has 0 spiro atoms. The molecule has 0 radical (unpaired) electrons. The third kappa shape index (κ3) is 7.16. The molecule has 44 heavy (non-hydrogen) atoms. The Morgan fingerprint density at radius 3 is 2.52 bits per heavy atom. The Bertz CT molecular complexity index is 1450. The maximum Gasteiger partial charge on any atom is 0.410 e. The number of hydrogen-bond donors (Lipinski definition) is 0. The van der Waals surface area contributed by atoms with Gasteiger partial charge in [-0.2, -0.15) is 5.10 Å². The van der Waals surface area contributed by atoms with Crippen LogP contribution in [0.15, 0.2) is 24.4 Å². The van der Waals surface area contributed by atoms with E-state index in [0.29, 0.717) is 44.6 Å². The molecule has 3 fully saturated rings. The van der Waals surface area contributed by atoms with Gasteiger partial charge in [-0.05, 0) is 95.9 Å². The number of hydrogen-bond acceptors (Lipinski definition) is 9. The molecule has 3 aromatic rings.